The van der Waals surface area contributed by atoms with Crippen molar-refractivity contribution in [2.75, 3.05) is 124 Å². The number of aryl methyl sites for hydroxylation is 1. The zero-order valence-electron chi connectivity index (χ0n) is 79.0. The molecule has 143 heavy (non-hydrogen) atoms. The third-order valence-corrected chi connectivity index (χ3v) is 25.2. The topological polar surface area (TPSA) is 636 Å². The number of rotatable bonds is 37. The molecule has 9 unspecified atom stereocenters. The first-order valence-electron chi connectivity index (χ1n) is 42.9. The van der Waals surface area contributed by atoms with Crippen molar-refractivity contribution in [2.24, 2.45) is 0 Å². The number of benzene rings is 9. The van der Waals surface area contributed by atoms with Crippen molar-refractivity contribution < 1.29 is 163 Å². The number of epoxide rings is 6. The lowest BCUT2D eigenvalue weighted by Gasteiger charge is -2.28. The second-order valence-electron chi connectivity index (χ2n) is 33.2. The summed E-state index contributed by atoms with van der Waals surface area (Å²) in [5.74, 6) is -6.43. The van der Waals surface area contributed by atoms with Gasteiger partial charge in [0.25, 0.3) is 0 Å². The van der Waals surface area contributed by atoms with Crippen molar-refractivity contribution in [3.63, 3.8) is 0 Å². The Bertz CT molecular complexity index is 6650. The molecule has 5 N–H and O–H groups in total. The third-order valence-electron chi connectivity index (χ3n) is 21.5. The molecule has 47 heteroatoms. The number of anilines is 2. The molecule has 0 aromatic heterocycles. The molecule has 9 aromatic carbocycles. The van der Waals surface area contributed by atoms with E-state index in [1.807, 2.05) is 109 Å². The van der Waals surface area contributed by atoms with Gasteiger partial charge in [-0.25, -0.2) is 50.5 Å². The smallest absolute Gasteiger partial charge is 0.238 e. The Morgan fingerprint density at radius 3 is 1.15 bits per heavy atom. The maximum atomic E-state index is 11.8. The predicted octanol–water partition coefficient (Wildman–Crippen LogP) is 6.26. The molecule has 6 fully saturated rings. The van der Waals surface area contributed by atoms with Crippen LogP contribution >= 0.6 is 0 Å². The second kappa shape index (κ2) is 52.5. The van der Waals surface area contributed by atoms with Gasteiger partial charge in [0.2, 0.25) is 29.5 Å². The van der Waals surface area contributed by atoms with Gasteiger partial charge in [-0.3, -0.25) is 28.8 Å². The average molecular weight is 2110 g/mol. The molecule has 9 aromatic rings. The fourth-order valence-corrected chi connectivity index (χ4v) is 17.2. The highest BCUT2D eigenvalue weighted by Gasteiger charge is 2.32. The van der Waals surface area contributed by atoms with Gasteiger partial charge in [-0.15, -0.1) is 0 Å². The number of amides is 5. The van der Waals surface area contributed by atoms with Gasteiger partial charge in [-0.1, -0.05) is 72.8 Å². The van der Waals surface area contributed by atoms with Crippen LogP contribution in [0, 0.1) is 44.6 Å². The minimum Gasteiger partial charge on any atom is -0.748 e. The minimum atomic E-state index is -4.60. The Balaban J connectivity index is 0.000000231. The van der Waals surface area contributed by atoms with Gasteiger partial charge in [0, 0.05) is 74.4 Å². The van der Waals surface area contributed by atoms with Gasteiger partial charge in [-0.2, -0.15) is 0 Å². The van der Waals surface area contributed by atoms with Gasteiger partial charge in [0.05, 0.1) is 51.4 Å². The number of hydrogen-bond donors (Lipinski definition) is 5. The van der Waals surface area contributed by atoms with Gasteiger partial charge < -0.3 is 111 Å². The standard InChI is InChI=1S/C16H16O6S.2C15H19NO6S.2C15H15NO6S.C14H17NO6S.6CH3/c17-13(10-23(18,19)20)6-12-3-1-2-11-4-5-14(7-16(11)12)21-8-15-9-22-15;17-15(9-23(18,19)20)16-13-5-1-4-12-11(13)3-2-6-14(12)22-8-10-7-21-10;2*17-15(9-23(18,19)20)16-12-3-1-11-6-13(4-2-10(11)5-12)21-7-14-8-22-14;17-15(9-23(18,19)20)16-12-3-1-10-2-4-13(6-11(10)5-12)21-7-14-8-22-14;16-14(8-22(17,18)19)15-11-3-9-1-2-12(5-10(9)4-11)20-6-13-7-21-13;;;;;;/h1-5,7,15H,6,8-10H2,(H,18,19,20);2-3,6,10,13H,1,4-5,7-9H2,(H,16,17)(H,18,19,20);2,4,6,12,14H,1,3,5,7-9H2,(H,16,17)(H,18,19,20);2*1-6,14H,7-9H2,(H,16,17)(H,18,19,20);1-2,5,11,13H,3-4,6-8H2,(H,15,16)(H,17,18,19);6*1H3/q;;;;;;6*+1/p-6. The van der Waals surface area contributed by atoms with E-state index in [9.17, 15) is 107 Å². The molecule has 774 valence electrons. The van der Waals surface area contributed by atoms with E-state index in [-0.39, 0.29) is 106 Å². The summed E-state index contributed by atoms with van der Waals surface area (Å²) in [5.41, 5.74) is 7.86. The fraction of sp³-hybridized carbons (Fsp3) is 0.375. The van der Waals surface area contributed by atoms with Crippen LogP contribution in [0.5, 0.6) is 34.5 Å². The highest BCUT2D eigenvalue weighted by molar-refractivity contribution is 7.87. The summed E-state index contributed by atoms with van der Waals surface area (Å²) in [6.07, 6.45) is 6.62. The van der Waals surface area contributed by atoms with E-state index in [2.05, 4.69) is 26.6 Å². The van der Waals surface area contributed by atoms with Crippen molar-refractivity contribution in [2.45, 2.75) is 113 Å². The van der Waals surface area contributed by atoms with Gasteiger partial charge >= 0.3 is 0 Å². The second-order valence-corrected chi connectivity index (χ2v) is 41.7. The third kappa shape index (κ3) is 42.5. The summed E-state index contributed by atoms with van der Waals surface area (Å²) in [5, 5.41) is 17.9. The first-order chi connectivity index (χ1) is 64.9. The molecule has 5 amide bonds. The number of ether oxygens (including phenoxy) is 12. The minimum absolute atomic E-state index is 0. The number of hydrogen-bond acceptors (Lipinski definition) is 36. The summed E-state index contributed by atoms with van der Waals surface area (Å²) in [6, 6.07) is 48.7. The zero-order valence-corrected chi connectivity index (χ0v) is 83.9. The normalized spacial score (nSPS) is 19.2. The molecule has 18 rings (SSSR count). The van der Waals surface area contributed by atoms with Crippen molar-refractivity contribution in [3.05, 3.63) is 247 Å². The van der Waals surface area contributed by atoms with Crippen LogP contribution in [0.1, 0.15) is 64.2 Å². The lowest BCUT2D eigenvalue weighted by Crippen LogP contribution is -2.41. The van der Waals surface area contributed by atoms with Crippen LogP contribution in [-0.4, -0.2) is 276 Å². The molecule has 0 radical (unpaired) electrons. The lowest BCUT2D eigenvalue weighted by atomic mass is 9.87. The molecule has 3 aliphatic carbocycles. The van der Waals surface area contributed by atoms with E-state index in [1.165, 1.54) is 5.56 Å². The average Bonchev–Trinajstić information content (AvgIpc) is 1.75. The Morgan fingerprint density at radius 1 is 0.322 bits per heavy atom. The van der Waals surface area contributed by atoms with Crippen molar-refractivity contribution >= 4 is 140 Å². The number of ketones is 1. The molecule has 6 aliphatic heterocycles. The van der Waals surface area contributed by atoms with E-state index < -0.39 is 131 Å². The van der Waals surface area contributed by atoms with E-state index in [4.69, 9.17) is 56.8 Å². The number of carbonyl (C=O) groups is 6. The molecule has 0 spiro atoms. The largest absolute Gasteiger partial charge is 0.748 e. The van der Waals surface area contributed by atoms with Crippen LogP contribution in [0.15, 0.2) is 164 Å². The molecular formula is C96H113N5O36S6. The molecule has 41 nitrogen and oxygen atoms in total. The van der Waals surface area contributed by atoms with Crippen LogP contribution in [0.4, 0.5) is 11.4 Å². The molecular weight excluding hydrogens is 1990 g/mol. The zero-order chi connectivity index (χ0) is 98.0. The Morgan fingerprint density at radius 2 is 0.678 bits per heavy atom. The number of Topliss-reactive ketones (excluding diaryl/α,β-unsaturated/α-hetero) is 1. The maximum absolute atomic E-state index is 11.8. The predicted molar refractivity (Wildman–Crippen MR) is 522 cm³/mol. The molecule has 9 atom stereocenters. The lowest BCUT2D eigenvalue weighted by molar-refractivity contribution is -0.120. The van der Waals surface area contributed by atoms with Crippen LogP contribution in [0.3, 0.4) is 0 Å². The van der Waals surface area contributed by atoms with Crippen LogP contribution < -0.4 is 55.0 Å². The van der Waals surface area contributed by atoms with Gasteiger partial charge in [-0.05, 0) is 214 Å². The van der Waals surface area contributed by atoms with Crippen molar-refractivity contribution in [1.82, 2.24) is 16.0 Å². The number of nitrogens with one attached hydrogen (secondary N) is 5. The monoisotopic (exact) mass is 2100 g/mol. The van der Waals surface area contributed by atoms with Crippen molar-refractivity contribution in [1.29, 1.82) is 0 Å². The highest BCUT2D eigenvalue weighted by atomic mass is 32.2. The first kappa shape index (κ1) is 118. The number of carbonyl (C=O) groups excluding carboxylic acids is 6. The van der Waals surface area contributed by atoms with E-state index >= 15 is 0 Å². The maximum Gasteiger partial charge on any atom is 0.238 e. The Hall–Kier alpha value is -12.0. The van der Waals surface area contributed by atoms with Crippen molar-refractivity contribution in [3.8, 4) is 34.5 Å². The van der Waals surface area contributed by atoms with Crippen LogP contribution in [0.2, 0.25) is 0 Å². The Labute approximate surface area is 832 Å². The molecule has 0 bridgehead atoms. The quantitative estimate of drug-likeness (QED) is 0.0163. The molecule has 6 saturated heterocycles. The summed E-state index contributed by atoms with van der Waals surface area (Å²) < 4.78 is 255. The summed E-state index contributed by atoms with van der Waals surface area (Å²) in [4.78, 5) is 69.4. The fourth-order valence-electron chi connectivity index (χ4n) is 14.7. The summed E-state index contributed by atoms with van der Waals surface area (Å²) in [7, 11) is -27.4. The summed E-state index contributed by atoms with van der Waals surface area (Å²) in [6.45, 7) is 7.43. The van der Waals surface area contributed by atoms with Crippen LogP contribution in [0.25, 0.3) is 32.3 Å². The Kier molecular flexibility index (Phi) is 43.3. The van der Waals surface area contributed by atoms with Gasteiger partial charge in [0.1, 0.15) is 200 Å². The van der Waals surface area contributed by atoms with E-state index in [0.717, 1.165) is 129 Å². The van der Waals surface area contributed by atoms with E-state index in [0.29, 0.717) is 113 Å². The molecule has 6 heterocycles. The van der Waals surface area contributed by atoms with E-state index in [1.54, 1.807) is 54.6 Å². The SMILES string of the molecule is O=C(CS(=O)(=O)[O-])NC1CCCc2c(OCC3CO3)cccc21.O=C(CS(=O)(=O)[O-])NC1CCc2cc(OCC3CO3)ccc2C1.O=C(CS(=O)(=O)[O-])NC1Cc2ccc(OCC3CO3)cc2C1.O=C(CS(=O)(=O)[O-])Nc1ccc2cc(OCC3CO3)ccc2c1.O=C(CS(=O)(=O)[O-])Nc1ccc2ccc(OCC3CO3)cc2c1.O=C(Cc1cccc2ccc(OCC3CO3)cc12)CS(=O)(=O)[O-].[CH3+].[CH3+].[CH3+].[CH3+].[CH3+].[CH3+]. The first-order valence-corrected chi connectivity index (χ1v) is 52.4. The molecule has 0 saturated carbocycles. The highest BCUT2D eigenvalue weighted by Crippen LogP contribution is 2.38. The van der Waals surface area contributed by atoms with Crippen LogP contribution in [-0.2, 0) is 156 Å². The summed E-state index contributed by atoms with van der Waals surface area (Å²) >= 11 is 0. The molecule has 9 aliphatic rings. The number of fused-ring (bicyclic) bond motifs is 6. The van der Waals surface area contributed by atoms with Gasteiger partial charge in [0.15, 0.2) is 5.78 Å².